The van der Waals surface area contributed by atoms with Gasteiger partial charge in [0.25, 0.3) is 11.6 Å². The van der Waals surface area contributed by atoms with Crippen LogP contribution in [0.1, 0.15) is 15.9 Å². The fraction of sp³-hybridized carbons (Fsp3) is 0.125. The van der Waals surface area contributed by atoms with Gasteiger partial charge in [-0.2, -0.15) is 0 Å². The van der Waals surface area contributed by atoms with Crippen molar-refractivity contribution in [3.63, 3.8) is 0 Å². The van der Waals surface area contributed by atoms with E-state index in [1.54, 1.807) is 12.1 Å². The summed E-state index contributed by atoms with van der Waals surface area (Å²) in [5.41, 5.74) is 7.09. The molecule has 0 aromatic heterocycles. The van der Waals surface area contributed by atoms with Crippen molar-refractivity contribution in [2.75, 3.05) is 4.90 Å². The number of hydrogen-bond donors (Lipinski definition) is 1. The number of para-hydroxylation sites is 1. The summed E-state index contributed by atoms with van der Waals surface area (Å²) in [5.74, 6) is -0.995. The Kier molecular flexibility index (Phi) is 3.53. The molecule has 2 N–H and O–H groups in total. The molecule has 1 atom stereocenters. The van der Waals surface area contributed by atoms with Crippen molar-refractivity contribution >= 4 is 23.2 Å². The van der Waals surface area contributed by atoms with Crippen LogP contribution in [0.5, 0.6) is 0 Å². The molecule has 7 heteroatoms. The van der Waals surface area contributed by atoms with Gasteiger partial charge in [0, 0.05) is 29.8 Å². The number of carbonyl (C=O) groups excluding carboxylic acids is 2. The summed E-state index contributed by atoms with van der Waals surface area (Å²) in [6, 6.07) is 11.7. The molecule has 0 saturated carbocycles. The van der Waals surface area contributed by atoms with Crippen molar-refractivity contribution < 1.29 is 14.5 Å². The largest absolute Gasteiger partial charge is 0.368 e. The predicted molar refractivity (Wildman–Crippen MR) is 83.0 cm³/mol. The lowest BCUT2D eigenvalue weighted by atomic mass is 10.1. The van der Waals surface area contributed by atoms with E-state index in [-0.39, 0.29) is 11.3 Å². The first-order valence-corrected chi connectivity index (χ1v) is 6.94. The second-order valence-corrected chi connectivity index (χ2v) is 5.23. The van der Waals surface area contributed by atoms with Crippen molar-refractivity contribution in [1.82, 2.24) is 0 Å². The molecular weight excluding hydrogens is 298 g/mol. The summed E-state index contributed by atoms with van der Waals surface area (Å²) < 4.78 is 0. The summed E-state index contributed by atoms with van der Waals surface area (Å²) in [6.07, 6.45) is 0.365. The molecule has 0 radical (unpaired) electrons. The number of primary amides is 1. The fourth-order valence-electron chi connectivity index (χ4n) is 2.73. The van der Waals surface area contributed by atoms with Crippen LogP contribution in [0.4, 0.5) is 11.4 Å². The van der Waals surface area contributed by atoms with Crippen molar-refractivity contribution in [1.29, 1.82) is 0 Å². The molecule has 0 saturated heterocycles. The van der Waals surface area contributed by atoms with Crippen molar-refractivity contribution in [3.8, 4) is 0 Å². The molecule has 1 unspecified atom stereocenters. The normalized spacial score (nSPS) is 16.0. The predicted octanol–water partition coefficient (Wildman–Crippen LogP) is 1.65. The molecule has 7 nitrogen and oxygen atoms in total. The number of amides is 2. The van der Waals surface area contributed by atoms with Gasteiger partial charge in [-0.15, -0.1) is 0 Å². The smallest absolute Gasteiger partial charge is 0.269 e. The van der Waals surface area contributed by atoms with E-state index in [4.69, 9.17) is 5.73 Å². The monoisotopic (exact) mass is 311 g/mol. The number of anilines is 1. The highest BCUT2D eigenvalue weighted by molar-refractivity contribution is 6.11. The molecule has 2 amide bonds. The first-order chi connectivity index (χ1) is 11.0. The van der Waals surface area contributed by atoms with Crippen LogP contribution in [0.15, 0.2) is 48.5 Å². The molecule has 23 heavy (non-hydrogen) atoms. The third-order valence-electron chi connectivity index (χ3n) is 3.85. The Morgan fingerprint density at radius 3 is 2.39 bits per heavy atom. The van der Waals surface area contributed by atoms with Gasteiger partial charge in [-0.05, 0) is 23.8 Å². The third-order valence-corrected chi connectivity index (χ3v) is 3.85. The van der Waals surface area contributed by atoms with Crippen LogP contribution >= 0.6 is 0 Å². The summed E-state index contributed by atoms with van der Waals surface area (Å²) in [7, 11) is 0. The topological polar surface area (TPSA) is 107 Å². The third kappa shape index (κ3) is 2.52. The molecule has 0 spiro atoms. The average Bonchev–Trinajstić information content (AvgIpc) is 2.94. The maximum absolute atomic E-state index is 12.8. The quantitative estimate of drug-likeness (QED) is 0.687. The average molecular weight is 311 g/mol. The van der Waals surface area contributed by atoms with Crippen LogP contribution < -0.4 is 10.6 Å². The zero-order valence-electron chi connectivity index (χ0n) is 12.0. The number of carbonyl (C=O) groups is 2. The van der Waals surface area contributed by atoms with E-state index >= 15 is 0 Å². The summed E-state index contributed by atoms with van der Waals surface area (Å²) in [5, 5.41) is 10.7. The van der Waals surface area contributed by atoms with Crippen LogP contribution in [-0.2, 0) is 11.2 Å². The molecule has 1 aliphatic heterocycles. The minimum atomic E-state index is -0.755. The van der Waals surface area contributed by atoms with E-state index in [0.29, 0.717) is 12.1 Å². The molecule has 2 aromatic rings. The number of benzene rings is 2. The molecular formula is C16H13N3O4. The van der Waals surface area contributed by atoms with Crippen molar-refractivity contribution in [2.24, 2.45) is 5.73 Å². The Hall–Kier alpha value is -3.22. The number of non-ortho nitro benzene ring substituents is 1. The highest BCUT2D eigenvalue weighted by Crippen LogP contribution is 2.33. The molecule has 0 fully saturated rings. The van der Waals surface area contributed by atoms with Gasteiger partial charge in [-0.1, -0.05) is 18.2 Å². The number of nitro groups is 1. The van der Waals surface area contributed by atoms with Gasteiger partial charge in [-0.25, -0.2) is 0 Å². The van der Waals surface area contributed by atoms with Crippen LogP contribution in [0.2, 0.25) is 0 Å². The SMILES string of the molecule is NC(=O)C1Cc2ccccc2N1C(=O)c1ccc([N+](=O)[O-])cc1. The molecule has 116 valence electrons. The zero-order chi connectivity index (χ0) is 16.6. The number of fused-ring (bicyclic) bond motifs is 1. The number of nitro benzene ring substituents is 1. The van der Waals surface area contributed by atoms with Gasteiger partial charge >= 0.3 is 0 Å². The lowest BCUT2D eigenvalue weighted by Crippen LogP contribution is -2.46. The van der Waals surface area contributed by atoms with E-state index in [2.05, 4.69) is 0 Å². The minimum absolute atomic E-state index is 0.102. The molecule has 1 aliphatic rings. The number of hydrogen-bond acceptors (Lipinski definition) is 4. The van der Waals surface area contributed by atoms with E-state index in [1.165, 1.54) is 29.2 Å². The van der Waals surface area contributed by atoms with Gasteiger partial charge in [0.1, 0.15) is 6.04 Å². The van der Waals surface area contributed by atoms with Gasteiger partial charge in [0.2, 0.25) is 5.91 Å². The highest BCUT2D eigenvalue weighted by Gasteiger charge is 2.37. The number of rotatable bonds is 3. The minimum Gasteiger partial charge on any atom is -0.368 e. The standard InChI is InChI=1S/C16H13N3O4/c17-15(20)14-9-11-3-1-2-4-13(11)18(14)16(21)10-5-7-12(8-6-10)19(22)23/h1-8,14H,9H2,(H2,17,20). The summed E-state index contributed by atoms with van der Waals surface area (Å²) in [4.78, 5) is 36.0. The fourth-order valence-corrected chi connectivity index (χ4v) is 2.73. The lowest BCUT2D eigenvalue weighted by molar-refractivity contribution is -0.384. The van der Waals surface area contributed by atoms with E-state index in [9.17, 15) is 19.7 Å². The maximum Gasteiger partial charge on any atom is 0.269 e. The van der Waals surface area contributed by atoms with E-state index in [1.807, 2.05) is 12.1 Å². The Morgan fingerprint density at radius 2 is 1.78 bits per heavy atom. The Bertz CT molecular complexity index is 801. The van der Waals surface area contributed by atoms with Crippen LogP contribution in [0.25, 0.3) is 0 Å². The number of nitrogens with zero attached hydrogens (tertiary/aromatic N) is 2. The van der Waals surface area contributed by atoms with E-state index in [0.717, 1.165) is 5.56 Å². The van der Waals surface area contributed by atoms with Crippen molar-refractivity contribution in [2.45, 2.75) is 12.5 Å². The van der Waals surface area contributed by atoms with Gasteiger partial charge in [0.05, 0.1) is 4.92 Å². The van der Waals surface area contributed by atoms with E-state index < -0.39 is 22.8 Å². The first-order valence-electron chi connectivity index (χ1n) is 6.94. The lowest BCUT2D eigenvalue weighted by Gasteiger charge is -2.23. The van der Waals surface area contributed by atoms with Gasteiger partial charge in [-0.3, -0.25) is 24.6 Å². The van der Waals surface area contributed by atoms with Crippen LogP contribution in [-0.4, -0.2) is 22.8 Å². The van der Waals surface area contributed by atoms with Gasteiger partial charge < -0.3 is 5.73 Å². The zero-order valence-corrected chi connectivity index (χ0v) is 12.0. The highest BCUT2D eigenvalue weighted by atomic mass is 16.6. The van der Waals surface area contributed by atoms with Crippen LogP contribution in [0.3, 0.4) is 0 Å². The number of nitrogens with two attached hydrogens (primary N) is 1. The molecule has 2 aromatic carbocycles. The Balaban J connectivity index is 1.99. The summed E-state index contributed by atoms with van der Waals surface area (Å²) >= 11 is 0. The second kappa shape index (κ2) is 5.53. The van der Waals surface area contributed by atoms with Crippen LogP contribution in [0, 0.1) is 10.1 Å². The van der Waals surface area contributed by atoms with Crippen molar-refractivity contribution in [3.05, 3.63) is 69.8 Å². The molecule has 0 aliphatic carbocycles. The Labute approximate surface area is 131 Å². The first kappa shape index (κ1) is 14.7. The Morgan fingerprint density at radius 1 is 1.13 bits per heavy atom. The molecule has 3 rings (SSSR count). The second-order valence-electron chi connectivity index (χ2n) is 5.23. The molecule has 1 heterocycles. The molecule has 0 bridgehead atoms. The van der Waals surface area contributed by atoms with Gasteiger partial charge in [0.15, 0.2) is 0 Å². The maximum atomic E-state index is 12.8. The summed E-state index contributed by atoms with van der Waals surface area (Å²) in [6.45, 7) is 0.